The number of carbonyl (C=O) groups excluding carboxylic acids is 1. The van der Waals surface area contributed by atoms with Crippen molar-refractivity contribution < 1.29 is 19.1 Å². The van der Waals surface area contributed by atoms with Crippen LogP contribution in [-0.4, -0.2) is 28.2 Å². The van der Waals surface area contributed by atoms with Gasteiger partial charge >= 0.3 is 5.97 Å². The molecule has 1 unspecified atom stereocenters. The Kier molecular flexibility index (Phi) is 5.21. The van der Waals surface area contributed by atoms with Crippen LogP contribution in [0.3, 0.4) is 0 Å². The summed E-state index contributed by atoms with van der Waals surface area (Å²) >= 11 is 1.59. The molecule has 1 amide bonds. The molecule has 1 aromatic carbocycles. The topological polar surface area (TPSA) is 92.4 Å². The van der Waals surface area contributed by atoms with Crippen molar-refractivity contribution in [1.82, 2.24) is 10.3 Å². The summed E-state index contributed by atoms with van der Waals surface area (Å²) in [5.74, 6) is -1.38. The Morgan fingerprint density at radius 1 is 1.36 bits per heavy atom. The van der Waals surface area contributed by atoms with Crippen molar-refractivity contribution in [3.8, 4) is 0 Å². The molecule has 0 aliphatic heterocycles. The molecule has 0 aliphatic carbocycles. The normalized spacial score (nSPS) is 11.9. The molecule has 2 rings (SSSR count). The van der Waals surface area contributed by atoms with Gasteiger partial charge in [0.15, 0.2) is 6.39 Å². The van der Waals surface area contributed by atoms with Gasteiger partial charge in [0, 0.05) is 4.90 Å². The number of thioether (sulfide) groups is 1. The summed E-state index contributed by atoms with van der Waals surface area (Å²) in [5, 5.41) is 11.7. The number of nitrogens with one attached hydrogen (secondary N) is 1. The fourth-order valence-electron chi connectivity index (χ4n) is 2.01. The van der Waals surface area contributed by atoms with E-state index in [1.807, 2.05) is 30.5 Å². The van der Waals surface area contributed by atoms with Crippen LogP contribution in [0.25, 0.3) is 0 Å². The van der Waals surface area contributed by atoms with Gasteiger partial charge in [-0.25, -0.2) is 4.98 Å². The number of aryl methyl sites for hydroxylation is 1. The molecule has 0 spiro atoms. The first kappa shape index (κ1) is 16.1. The molecule has 1 heterocycles. The van der Waals surface area contributed by atoms with Crippen LogP contribution in [0.2, 0.25) is 0 Å². The fraction of sp³-hybridized carbons (Fsp3) is 0.267. The molecule has 1 atom stereocenters. The molecule has 1 aromatic heterocycles. The highest BCUT2D eigenvalue weighted by molar-refractivity contribution is 7.98. The van der Waals surface area contributed by atoms with E-state index in [2.05, 4.69) is 10.3 Å². The minimum absolute atomic E-state index is 0.0936. The molecule has 0 saturated heterocycles. The van der Waals surface area contributed by atoms with Crippen LogP contribution >= 0.6 is 11.8 Å². The summed E-state index contributed by atoms with van der Waals surface area (Å²) in [4.78, 5) is 28.1. The van der Waals surface area contributed by atoms with Gasteiger partial charge in [-0.15, -0.1) is 11.8 Å². The third-order valence-corrected chi connectivity index (χ3v) is 3.90. The third kappa shape index (κ3) is 3.88. The van der Waals surface area contributed by atoms with Gasteiger partial charge < -0.3 is 14.8 Å². The van der Waals surface area contributed by atoms with Gasteiger partial charge in [-0.2, -0.15) is 0 Å². The van der Waals surface area contributed by atoms with Crippen molar-refractivity contribution in [2.45, 2.75) is 24.3 Å². The first-order valence-corrected chi connectivity index (χ1v) is 7.80. The molecule has 2 N–H and O–H groups in total. The standard InChI is InChI=1S/C15H16N2O4S/c1-9-14(21-8-16-9)15(20)17-12(7-13(18)19)10-3-5-11(22-2)6-4-10/h3-6,8,12H,7H2,1-2H3,(H,17,20)(H,18,19). The number of benzene rings is 1. The average Bonchev–Trinajstić information content (AvgIpc) is 2.92. The Hall–Kier alpha value is -2.28. The second kappa shape index (κ2) is 7.13. The minimum atomic E-state index is -0.992. The van der Waals surface area contributed by atoms with Crippen LogP contribution in [0.5, 0.6) is 0 Å². The molecule has 0 aliphatic rings. The van der Waals surface area contributed by atoms with Crippen molar-refractivity contribution in [2.75, 3.05) is 6.26 Å². The lowest BCUT2D eigenvalue weighted by atomic mass is 10.0. The number of hydrogen-bond donors (Lipinski definition) is 2. The Bertz CT molecular complexity index is 666. The molecule has 0 bridgehead atoms. The van der Waals surface area contributed by atoms with E-state index in [9.17, 15) is 9.59 Å². The van der Waals surface area contributed by atoms with Crippen LogP contribution in [0.15, 0.2) is 40.0 Å². The van der Waals surface area contributed by atoms with Crippen LogP contribution in [0, 0.1) is 6.92 Å². The zero-order chi connectivity index (χ0) is 16.1. The number of amides is 1. The van der Waals surface area contributed by atoms with E-state index >= 15 is 0 Å². The van der Waals surface area contributed by atoms with Crippen molar-refractivity contribution in [1.29, 1.82) is 0 Å². The minimum Gasteiger partial charge on any atom is -0.481 e. The molecule has 0 saturated carbocycles. The van der Waals surface area contributed by atoms with Gasteiger partial charge in [0.25, 0.3) is 5.91 Å². The number of aliphatic carboxylic acids is 1. The lowest BCUT2D eigenvalue weighted by Crippen LogP contribution is -2.30. The Balaban J connectivity index is 2.20. The summed E-state index contributed by atoms with van der Waals surface area (Å²) in [7, 11) is 0. The number of aromatic nitrogens is 1. The van der Waals surface area contributed by atoms with Crippen molar-refractivity contribution >= 4 is 23.6 Å². The van der Waals surface area contributed by atoms with Gasteiger partial charge in [-0.3, -0.25) is 9.59 Å². The van der Waals surface area contributed by atoms with E-state index in [0.717, 1.165) is 10.5 Å². The monoisotopic (exact) mass is 320 g/mol. The number of nitrogens with zero attached hydrogens (tertiary/aromatic N) is 1. The van der Waals surface area contributed by atoms with E-state index in [-0.39, 0.29) is 12.2 Å². The first-order chi connectivity index (χ1) is 10.5. The molecule has 22 heavy (non-hydrogen) atoms. The smallest absolute Gasteiger partial charge is 0.305 e. The Morgan fingerprint density at radius 2 is 2.05 bits per heavy atom. The van der Waals surface area contributed by atoms with Crippen LogP contribution in [0.1, 0.15) is 34.3 Å². The molecule has 7 heteroatoms. The third-order valence-electron chi connectivity index (χ3n) is 3.15. The maximum Gasteiger partial charge on any atom is 0.305 e. The maximum atomic E-state index is 12.2. The summed E-state index contributed by atoms with van der Waals surface area (Å²) in [6.07, 6.45) is 2.93. The molecule has 2 aromatic rings. The van der Waals surface area contributed by atoms with Gasteiger partial charge in [-0.1, -0.05) is 12.1 Å². The largest absolute Gasteiger partial charge is 0.481 e. The molecule has 6 nitrogen and oxygen atoms in total. The van der Waals surface area contributed by atoms with Gasteiger partial charge in [0.05, 0.1) is 18.2 Å². The highest BCUT2D eigenvalue weighted by Crippen LogP contribution is 2.22. The SMILES string of the molecule is CSc1ccc(C(CC(=O)O)NC(=O)c2ocnc2C)cc1. The highest BCUT2D eigenvalue weighted by atomic mass is 32.2. The summed E-state index contributed by atoms with van der Waals surface area (Å²) in [6, 6.07) is 6.77. The Morgan fingerprint density at radius 3 is 2.55 bits per heavy atom. The van der Waals surface area contributed by atoms with Crippen molar-refractivity contribution in [2.24, 2.45) is 0 Å². The quantitative estimate of drug-likeness (QED) is 0.795. The number of carbonyl (C=O) groups is 2. The number of rotatable bonds is 6. The van der Waals surface area contributed by atoms with Crippen LogP contribution in [0.4, 0.5) is 0 Å². The van der Waals surface area contributed by atoms with Crippen molar-refractivity contribution in [3.63, 3.8) is 0 Å². The van der Waals surface area contributed by atoms with Crippen molar-refractivity contribution in [3.05, 3.63) is 47.7 Å². The number of carboxylic acids is 1. The highest BCUT2D eigenvalue weighted by Gasteiger charge is 2.22. The lowest BCUT2D eigenvalue weighted by molar-refractivity contribution is -0.137. The van der Waals surface area contributed by atoms with E-state index in [4.69, 9.17) is 9.52 Å². The van der Waals surface area contributed by atoms with E-state index < -0.39 is 17.9 Å². The molecule has 0 fully saturated rings. The first-order valence-electron chi connectivity index (χ1n) is 6.58. The van der Waals surface area contributed by atoms with Gasteiger partial charge in [0.2, 0.25) is 5.76 Å². The second-order valence-corrected chi connectivity index (χ2v) is 5.54. The Labute approximate surface area is 131 Å². The second-order valence-electron chi connectivity index (χ2n) is 4.66. The molecular weight excluding hydrogens is 304 g/mol. The van der Waals surface area contributed by atoms with Gasteiger partial charge in [-0.05, 0) is 30.9 Å². The number of carboxylic acid groups (broad SMARTS) is 1. The van der Waals surface area contributed by atoms with E-state index in [1.54, 1.807) is 18.7 Å². The molecule has 116 valence electrons. The van der Waals surface area contributed by atoms with Crippen LogP contribution < -0.4 is 5.32 Å². The summed E-state index contributed by atoms with van der Waals surface area (Å²) in [6.45, 7) is 1.65. The number of hydrogen-bond acceptors (Lipinski definition) is 5. The summed E-state index contributed by atoms with van der Waals surface area (Å²) in [5.41, 5.74) is 1.19. The van der Waals surface area contributed by atoms with Crippen LogP contribution in [-0.2, 0) is 4.79 Å². The average molecular weight is 320 g/mol. The lowest BCUT2D eigenvalue weighted by Gasteiger charge is -2.17. The van der Waals surface area contributed by atoms with E-state index in [0.29, 0.717) is 5.69 Å². The van der Waals surface area contributed by atoms with E-state index in [1.165, 1.54) is 6.39 Å². The predicted octanol–water partition coefficient (Wildman–Crippen LogP) is 2.65. The predicted molar refractivity (Wildman–Crippen MR) is 81.9 cm³/mol. The van der Waals surface area contributed by atoms with Gasteiger partial charge in [0.1, 0.15) is 0 Å². The fourth-order valence-corrected chi connectivity index (χ4v) is 2.41. The zero-order valence-electron chi connectivity index (χ0n) is 12.2. The summed E-state index contributed by atoms with van der Waals surface area (Å²) < 4.78 is 5.03. The maximum absolute atomic E-state index is 12.2. The molecular formula is C15H16N2O4S. The molecule has 0 radical (unpaired) electrons. The zero-order valence-corrected chi connectivity index (χ0v) is 13.0. The number of oxazole rings is 1.